The number of rotatable bonds is 6. The molecular weight excluding hydrogens is 512 g/mol. The molecule has 3 aromatic rings. The maximum Gasteiger partial charge on any atom is 0.338 e. The second kappa shape index (κ2) is 10.9. The Morgan fingerprint density at radius 2 is 1.66 bits per heavy atom. The molecule has 0 unspecified atom stereocenters. The molecule has 1 aliphatic rings. The lowest BCUT2D eigenvalue weighted by molar-refractivity contribution is -0.136. The number of hydrogen-bond donors (Lipinski definition) is 0. The van der Waals surface area contributed by atoms with E-state index in [2.05, 4.69) is 4.99 Å². The zero-order valence-electron chi connectivity index (χ0n) is 21.3. The van der Waals surface area contributed by atoms with E-state index < -0.39 is 23.9 Å². The van der Waals surface area contributed by atoms with Crippen molar-refractivity contribution in [1.82, 2.24) is 4.57 Å². The fourth-order valence-corrected chi connectivity index (χ4v) is 5.10. The van der Waals surface area contributed by atoms with E-state index in [1.807, 2.05) is 0 Å². The van der Waals surface area contributed by atoms with Gasteiger partial charge in [-0.05, 0) is 48.4 Å². The third-order valence-electron chi connectivity index (χ3n) is 5.62. The van der Waals surface area contributed by atoms with Crippen molar-refractivity contribution in [2.45, 2.75) is 26.8 Å². The molecule has 0 N–H and O–H groups in total. The normalized spacial score (nSPS) is 14.9. The van der Waals surface area contributed by atoms with Crippen molar-refractivity contribution in [3.63, 3.8) is 0 Å². The highest BCUT2D eigenvalue weighted by Gasteiger charge is 2.33. The fraction of sp³-hybridized carbons (Fsp3) is 0.222. The van der Waals surface area contributed by atoms with E-state index in [1.165, 1.54) is 44.0 Å². The van der Waals surface area contributed by atoms with Crippen molar-refractivity contribution in [2.75, 3.05) is 14.2 Å². The summed E-state index contributed by atoms with van der Waals surface area (Å²) in [7, 11) is 2.71. The van der Waals surface area contributed by atoms with Crippen molar-refractivity contribution in [1.29, 1.82) is 0 Å². The van der Waals surface area contributed by atoms with Crippen LogP contribution in [0.25, 0.3) is 6.08 Å². The Morgan fingerprint density at radius 1 is 0.974 bits per heavy atom. The zero-order valence-corrected chi connectivity index (χ0v) is 22.1. The summed E-state index contributed by atoms with van der Waals surface area (Å²) in [6.07, 6.45) is 1.67. The van der Waals surface area contributed by atoms with Crippen LogP contribution in [0, 0.1) is 0 Å². The fourth-order valence-electron chi connectivity index (χ4n) is 4.06. The topological polar surface area (TPSA) is 122 Å². The maximum absolute atomic E-state index is 13.7. The molecule has 0 bridgehead atoms. The summed E-state index contributed by atoms with van der Waals surface area (Å²) in [6, 6.07) is 10.6. The van der Waals surface area contributed by atoms with Gasteiger partial charge < -0.3 is 18.9 Å². The lowest BCUT2D eigenvalue weighted by Gasteiger charge is -2.24. The molecular formula is C27H24N2O8S. The largest absolute Gasteiger partial charge is 0.493 e. The first-order valence-corrected chi connectivity index (χ1v) is 12.2. The van der Waals surface area contributed by atoms with Gasteiger partial charge in [0.1, 0.15) is 5.75 Å². The molecule has 2 heterocycles. The van der Waals surface area contributed by atoms with E-state index in [-0.39, 0.29) is 16.9 Å². The van der Waals surface area contributed by atoms with Crippen LogP contribution in [0.5, 0.6) is 17.2 Å². The third-order valence-corrected chi connectivity index (χ3v) is 6.61. The van der Waals surface area contributed by atoms with Crippen LogP contribution in [-0.2, 0) is 19.1 Å². The van der Waals surface area contributed by atoms with Gasteiger partial charge in [0.2, 0.25) is 0 Å². The molecule has 1 atom stereocenters. The number of thiazole rings is 1. The standard InChI is InChI=1S/C27H24N2O8S/c1-14-23(26(33)35-5)24(18-7-9-19(10-8-18)36-15(2)30)29-25(32)22(38-27(29)28-14)13-17-6-11-20(37-16(3)31)21(12-17)34-4/h6-13,24H,1-5H3/b22-13+/t24-/m0/s1. The first-order valence-electron chi connectivity index (χ1n) is 11.4. The summed E-state index contributed by atoms with van der Waals surface area (Å²) in [5.74, 6) is -0.637. The highest BCUT2D eigenvalue weighted by Crippen LogP contribution is 2.32. The van der Waals surface area contributed by atoms with Gasteiger partial charge in [-0.15, -0.1) is 0 Å². The third kappa shape index (κ3) is 5.28. The van der Waals surface area contributed by atoms with Crippen LogP contribution in [0.4, 0.5) is 0 Å². The number of carbonyl (C=O) groups is 3. The SMILES string of the molecule is COC(=O)C1=C(C)N=c2s/c(=C/c3ccc(OC(C)=O)c(OC)c3)c(=O)n2[C@H]1c1ccc(OC(C)=O)cc1. The number of allylic oxidation sites excluding steroid dienone is 1. The predicted octanol–water partition coefficient (Wildman–Crippen LogP) is 2.27. The molecule has 0 fully saturated rings. The number of hydrogen-bond acceptors (Lipinski definition) is 10. The number of ether oxygens (including phenoxy) is 4. The number of benzene rings is 2. The summed E-state index contributed by atoms with van der Waals surface area (Å²) in [5, 5.41) is 0. The van der Waals surface area contributed by atoms with Gasteiger partial charge in [-0.25, -0.2) is 9.79 Å². The van der Waals surface area contributed by atoms with Gasteiger partial charge in [0, 0.05) is 13.8 Å². The van der Waals surface area contributed by atoms with E-state index in [0.717, 1.165) is 0 Å². The predicted molar refractivity (Wildman–Crippen MR) is 138 cm³/mol. The second-order valence-corrected chi connectivity index (χ2v) is 9.25. The highest BCUT2D eigenvalue weighted by atomic mass is 32.1. The van der Waals surface area contributed by atoms with Crippen LogP contribution in [0.1, 0.15) is 37.9 Å². The molecule has 4 rings (SSSR count). The van der Waals surface area contributed by atoms with Crippen LogP contribution >= 0.6 is 11.3 Å². The number of aromatic nitrogens is 1. The van der Waals surface area contributed by atoms with E-state index >= 15 is 0 Å². The van der Waals surface area contributed by atoms with Gasteiger partial charge in [0.05, 0.1) is 36.1 Å². The van der Waals surface area contributed by atoms with Crippen molar-refractivity contribution in [3.05, 3.63) is 84.5 Å². The molecule has 1 aromatic heterocycles. The minimum atomic E-state index is -0.812. The number of methoxy groups -OCH3 is 2. The van der Waals surface area contributed by atoms with Crippen LogP contribution in [0.3, 0.4) is 0 Å². The quantitative estimate of drug-likeness (QED) is 0.347. The summed E-state index contributed by atoms with van der Waals surface area (Å²) in [4.78, 5) is 54.1. The smallest absolute Gasteiger partial charge is 0.338 e. The monoisotopic (exact) mass is 536 g/mol. The van der Waals surface area contributed by atoms with Gasteiger partial charge in [-0.2, -0.15) is 0 Å². The summed E-state index contributed by atoms with van der Waals surface area (Å²) < 4.78 is 22.4. The average Bonchev–Trinajstić information content (AvgIpc) is 3.17. The van der Waals surface area contributed by atoms with Gasteiger partial charge in [0.25, 0.3) is 5.56 Å². The van der Waals surface area contributed by atoms with Crippen LogP contribution < -0.4 is 29.1 Å². The Hall–Kier alpha value is -4.51. The number of carbonyl (C=O) groups excluding carboxylic acids is 3. The minimum Gasteiger partial charge on any atom is -0.493 e. The molecule has 0 amide bonds. The Kier molecular flexibility index (Phi) is 7.58. The van der Waals surface area contributed by atoms with Gasteiger partial charge in [-0.1, -0.05) is 29.5 Å². The summed E-state index contributed by atoms with van der Waals surface area (Å²) in [6.45, 7) is 4.27. The number of fused-ring (bicyclic) bond motifs is 1. The molecule has 0 aliphatic carbocycles. The highest BCUT2D eigenvalue weighted by molar-refractivity contribution is 7.07. The Bertz CT molecular complexity index is 1650. The van der Waals surface area contributed by atoms with Crippen LogP contribution in [0.2, 0.25) is 0 Å². The molecule has 2 aromatic carbocycles. The first-order chi connectivity index (χ1) is 18.1. The van der Waals surface area contributed by atoms with E-state index in [4.69, 9.17) is 18.9 Å². The van der Waals surface area contributed by atoms with Gasteiger partial charge in [-0.3, -0.25) is 19.0 Å². The first kappa shape index (κ1) is 26.6. The van der Waals surface area contributed by atoms with Crippen molar-refractivity contribution in [3.8, 4) is 17.2 Å². The van der Waals surface area contributed by atoms with Gasteiger partial charge >= 0.3 is 17.9 Å². The zero-order chi connectivity index (χ0) is 27.6. The maximum atomic E-state index is 13.7. The minimum absolute atomic E-state index is 0.221. The molecule has 10 nitrogen and oxygen atoms in total. The van der Waals surface area contributed by atoms with Gasteiger partial charge in [0.15, 0.2) is 16.3 Å². The van der Waals surface area contributed by atoms with Crippen LogP contribution in [-0.4, -0.2) is 36.7 Å². The molecule has 1 aliphatic heterocycles. The summed E-state index contributed by atoms with van der Waals surface area (Å²) in [5.41, 5.74) is 1.52. The second-order valence-electron chi connectivity index (χ2n) is 8.24. The molecule has 11 heteroatoms. The summed E-state index contributed by atoms with van der Waals surface area (Å²) >= 11 is 1.17. The van der Waals surface area contributed by atoms with E-state index in [1.54, 1.807) is 55.5 Å². The number of nitrogens with zero attached hydrogens (tertiary/aromatic N) is 2. The lowest BCUT2D eigenvalue weighted by Crippen LogP contribution is -2.39. The average molecular weight is 537 g/mol. The molecule has 0 spiro atoms. The van der Waals surface area contributed by atoms with Crippen molar-refractivity contribution in [2.24, 2.45) is 4.99 Å². The Balaban J connectivity index is 1.86. The molecule has 0 saturated carbocycles. The molecule has 196 valence electrons. The van der Waals surface area contributed by atoms with Crippen molar-refractivity contribution >= 4 is 35.3 Å². The Labute approximate surface area is 221 Å². The van der Waals surface area contributed by atoms with Crippen molar-refractivity contribution < 1.29 is 33.3 Å². The molecule has 0 radical (unpaired) electrons. The number of esters is 3. The molecule has 38 heavy (non-hydrogen) atoms. The Morgan fingerprint density at radius 3 is 2.26 bits per heavy atom. The van der Waals surface area contributed by atoms with E-state index in [0.29, 0.717) is 37.7 Å². The van der Waals surface area contributed by atoms with E-state index in [9.17, 15) is 19.2 Å². The van der Waals surface area contributed by atoms with Crippen LogP contribution in [0.15, 0.2) is 63.5 Å². The lowest BCUT2D eigenvalue weighted by atomic mass is 9.96. The molecule has 0 saturated heterocycles.